The molecule has 4 heteroatoms. The molecule has 0 radical (unpaired) electrons. The summed E-state index contributed by atoms with van der Waals surface area (Å²) in [6.07, 6.45) is 1.64. The molecule has 1 aromatic carbocycles. The molecule has 1 aliphatic rings. The Labute approximate surface area is 101 Å². The SMILES string of the molecule is N#Cc1ccc2c(c1)CCN(C(=O)CN)CC2. The highest BCUT2D eigenvalue weighted by atomic mass is 16.2. The molecule has 0 unspecified atom stereocenters. The molecule has 17 heavy (non-hydrogen) atoms. The minimum Gasteiger partial charge on any atom is -0.341 e. The summed E-state index contributed by atoms with van der Waals surface area (Å²) in [5, 5.41) is 8.86. The Morgan fingerprint density at radius 2 is 2.06 bits per heavy atom. The van der Waals surface area contributed by atoms with Crippen molar-refractivity contribution < 1.29 is 4.79 Å². The fraction of sp³-hybridized carbons (Fsp3) is 0.385. The van der Waals surface area contributed by atoms with E-state index < -0.39 is 0 Å². The zero-order chi connectivity index (χ0) is 12.3. The van der Waals surface area contributed by atoms with Gasteiger partial charge in [0.2, 0.25) is 5.91 Å². The molecule has 4 nitrogen and oxygen atoms in total. The summed E-state index contributed by atoms with van der Waals surface area (Å²) in [5.41, 5.74) is 8.46. The van der Waals surface area contributed by atoms with E-state index in [0.29, 0.717) is 12.1 Å². The highest BCUT2D eigenvalue weighted by Gasteiger charge is 2.17. The van der Waals surface area contributed by atoms with Crippen LogP contribution in [-0.2, 0) is 17.6 Å². The second-order valence-corrected chi connectivity index (χ2v) is 4.18. The number of amides is 1. The van der Waals surface area contributed by atoms with Crippen LogP contribution in [0.4, 0.5) is 0 Å². The number of nitrogens with two attached hydrogens (primary N) is 1. The van der Waals surface area contributed by atoms with Crippen LogP contribution in [0.5, 0.6) is 0 Å². The van der Waals surface area contributed by atoms with Gasteiger partial charge in [-0.15, -0.1) is 0 Å². The van der Waals surface area contributed by atoms with Gasteiger partial charge in [-0.25, -0.2) is 0 Å². The highest BCUT2D eigenvalue weighted by molar-refractivity contribution is 5.78. The van der Waals surface area contributed by atoms with E-state index >= 15 is 0 Å². The van der Waals surface area contributed by atoms with E-state index in [1.807, 2.05) is 18.2 Å². The largest absolute Gasteiger partial charge is 0.341 e. The van der Waals surface area contributed by atoms with Crippen LogP contribution in [0.1, 0.15) is 16.7 Å². The number of carbonyl (C=O) groups is 1. The summed E-state index contributed by atoms with van der Waals surface area (Å²) < 4.78 is 0. The monoisotopic (exact) mass is 229 g/mol. The van der Waals surface area contributed by atoms with Crippen LogP contribution in [-0.4, -0.2) is 30.4 Å². The standard InChI is InChI=1S/C13H15N3O/c14-8-10-1-2-11-3-5-16(13(17)9-15)6-4-12(11)7-10/h1-2,7H,3-6,9,15H2. The van der Waals surface area contributed by atoms with Crippen molar-refractivity contribution in [1.82, 2.24) is 4.90 Å². The fourth-order valence-corrected chi connectivity index (χ4v) is 2.17. The number of rotatable bonds is 1. The van der Waals surface area contributed by atoms with E-state index in [1.165, 1.54) is 11.1 Å². The van der Waals surface area contributed by atoms with Gasteiger partial charge in [-0.1, -0.05) is 6.07 Å². The molecule has 0 aliphatic carbocycles. The van der Waals surface area contributed by atoms with E-state index in [4.69, 9.17) is 11.0 Å². The van der Waals surface area contributed by atoms with Gasteiger partial charge in [0.25, 0.3) is 0 Å². The molecule has 0 spiro atoms. The summed E-state index contributed by atoms with van der Waals surface area (Å²) in [5.74, 6) is -0.00156. The van der Waals surface area contributed by atoms with Crippen molar-refractivity contribution in [3.05, 3.63) is 34.9 Å². The van der Waals surface area contributed by atoms with Crippen molar-refractivity contribution in [3.8, 4) is 6.07 Å². The number of nitriles is 1. The molecule has 0 fully saturated rings. The van der Waals surface area contributed by atoms with Crippen LogP contribution in [0.3, 0.4) is 0 Å². The lowest BCUT2D eigenvalue weighted by molar-refractivity contribution is -0.129. The molecule has 1 aliphatic heterocycles. The second-order valence-electron chi connectivity index (χ2n) is 4.18. The lowest BCUT2D eigenvalue weighted by Gasteiger charge is -2.18. The summed E-state index contributed by atoms with van der Waals surface area (Å²) >= 11 is 0. The Morgan fingerprint density at radius 1 is 1.35 bits per heavy atom. The Kier molecular flexibility index (Phi) is 3.40. The normalized spacial score (nSPS) is 14.7. The number of carbonyl (C=O) groups excluding carboxylic acids is 1. The van der Waals surface area contributed by atoms with Gasteiger partial charge in [0.15, 0.2) is 0 Å². The van der Waals surface area contributed by atoms with Crippen molar-refractivity contribution in [3.63, 3.8) is 0 Å². The maximum absolute atomic E-state index is 11.5. The quantitative estimate of drug-likeness (QED) is 0.759. The predicted octanol–water partition coefficient (Wildman–Crippen LogP) is 0.444. The van der Waals surface area contributed by atoms with Gasteiger partial charge >= 0.3 is 0 Å². The zero-order valence-corrected chi connectivity index (χ0v) is 9.65. The van der Waals surface area contributed by atoms with Crippen molar-refractivity contribution in [1.29, 1.82) is 5.26 Å². The van der Waals surface area contributed by atoms with E-state index in [-0.39, 0.29) is 12.5 Å². The molecule has 88 valence electrons. The van der Waals surface area contributed by atoms with Crippen molar-refractivity contribution in [2.75, 3.05) is 19.6 Å². The van der Waals surface area contributed by atoms with Gasteiger partial charge < -0.3 is 10.6 Å². The summed E-state index contributed by atoms with van der Waals surface area (Å²) in [6.45, 7) is 1.48. The minimum atomic E-state index is -0.00156. The van der Waals surface area contributed by atoms with Crippen LogP contribution in [0.2, 0.25) is 0 Å². The molecule has 0 aromatic heterocycles. The molecule has 2 N–H and O–H groups in total. The van der Waals surface area contributed by atoms with Crippen molar-refractivity contribution in [2.24, 2.45) is 5.73 Å². The topological polar surface area (TPSA) is 70.1 Å². The first-order valence-corrected chi connectivity index (χ1v) is 5.74. The average Bonchev–Trinajstić information content (AvgIpc) is 2.59. The molecular formula is C13H15N3O. The first-order chi connectivity index (χ1) is 8.24. The van der Waals surface area contributed by atoms with Gasteiger partial charge in [0.05, 0.1) is 18.2 Å². The van der Waals surface area contributed by atoms with E-state index in [0.717, 1.165) is 19.4 Å². The lowest BCUT2D eigenvalue weighted by atomic mass is 10.0. The molecule has 2 rings (SSSR count). The molecule has 1 amide bonds. The molecule has 0 bridgehead atoms. The zero-order valence-electron chi connectivity index (χ0n) is 9.65. The van der Waals surface area contributed by atoms with Crippen LogP contribution < -0.4 is 5.73 Å². The third kappa shape index (κ3) is 2.45. The number of fused-ring (bicyclic) bond motifs is 1. The Morgan fingerprint density at radius 3 is 2.71 bits per heavy atom. The van der Waals surface area contributed by atoms with E-state index in [1.54, 1.807) is 4.90 Å². The Balaban J connectivity index is 2.19. The lowest BCUT2D eigenvalue weighted by Crippen LogP contribution is -2.37. The predicted molar refractivity (Wildman–Crippen MR) is 64.2 cm³/mol. The van der Waals surface area contributed by atoms with Crippen LogP contribution in [0.25, 0.3) is 0 Å². The summed E-state index contributed by atoms with van der Waals surface area (Å²) in [4.78, 5) is 13.3. The first kappa shape index (κ1) is 11.6. The average molecular weight is 229 g/mol. The number of hydrogen-bond donors (Lipinski definition) is 1. The minimum absolute atomic E-state index is 0.00156. The number of hydrogen-bond acceptors (Lipinski definition) is 3. The van der Waals surface area contributed by atoms with Crippen LogP contribution in [0, 0.1) is 11.3 Å². The Bertz CT molecular complexity index is 476. The maximum Gasteiger partial charge on any atom is 0.236 e. The van der Waals surface area contributed by atoms with Gasteiger partial charge in [-0.05, 0) is 36.1 Å². The fourth-order valence-electron chi connectivity index (χ4n) is 2.17. The first-order valence-electron chi connectivity index (χ1n) is 5.74. The third-order valence-corrected chi connectivity index (χ3v) is 3.16. The molecule has 0 saturated heterocycles. The molecule has 0 saturated carbocycles. The van der Waals surface area contributed by atoms with Crippen molar-refractivity contribution in [2.45, 2.75) is 12.8 Å². The number of benzene rings is 1. The van der Waals surface area contributed by atoms with Gasteiger partial charge in [-0.3, -0.25) is 4.79 Å². The highest BCUT2D eigenvalue weighted by Crippen LogP contribution is 2.17. The summed E-state index contributed by atoms with van der Waals surface area (Å²) in [6, 6.07) is 7.89. The third-order valence-electron chi connectivity index (χ3n) is 3.16. The van der Waals surface area contributed by atoms with Crippen LogP contribution in [0.15, 0.2) is 18.2 Å². The molecular weight excluding hydrogens is 214 g/mol. The van der Waals surface area contributed by atoms with E-state index in [9.17, 15) is 4.79 Å². The molecule has 1 heterocycles. The second kappa shape index (κ2) is 4.98. The van der Waals surface area contributed by atoms with Crippen molar-refractivity contribution >= 4 is 5.91 Å². The number of nitrogens with zero attached hydrogens (tertiary/aromatic N) is 2. The Hall–Kier alpha value is -1.86. The smallest absolute Gasteiger partial charge is 0.236 e. The van der Waals surface area contributed by atoms with Crippen LogP contribution >= 0.6 is 0 Å². The summed E-state index contributed by atoms with van der Waals surface area (Å²) in [7, 11) is 0. The van der Waals surface area contributed by atoms with Gasteiger partial charge in [0, 0.05) is 13.1 Å². The van der Waals surface area contributed by atoms with Gasteiger partial charge in [-0.2, -0.15) is 5.26 Å². The maximum atomic E-state index is 11.5. The van der Waals surface area contributed by atoms with Gasteiger partial charge in [0.1, 0.15) is 0 Å². The molecule has 1 aromatic rings. The molecule has 0 atom stereocenters. The van der Waals surface area contributed by atoms with E-state index in [2.05, 4.69) is 6.07 Å².